The Labute approximate surface area is 173 Å². The summed E-state index contributed by atoms with van der Waals surface area (Å²) in [6.45, 7) is 8.60. The summed E-state index contributed by atoms with van der Waals surface area (Å²) in [7, 11) is 9.78. The molecule has 0 saturated carbocycles. The molecule has 0 fully saturated rings. The van der Waals surface area contributed by atoms with Gasteiger partial charge in [0.15, 0.2) is 0 Å². The van der Waals surface area contributed by atoms with Crippen LogP contribution < -0.4 is 0 Å². The first-order chi connectivity index (χ1) is 12.4. The van der Waals surface area contributed by atoms with Gasteiger partial charge in [0.25, 0.3) is 0 Å². The molecule has 0 atom stereocenters. The fraction of sp³-hybridized carbons (Fsp3) is 0.227. The molecular weight excluding hydrogens is 397 g/mol. The van der Waals surface area contributed by atoms with E-state index in [2.05, 4.69) is 93.2 Å². The zero-order valence-corrected chi connectivity index (χ0v) is 18.6. The van der Waals surface area contributed by atoms with Crippen molar-refractivity contribution < 1.29 is 17.0 Å². The topological polar surface area (TPSA) is 4.93 Å². The van der Waals surface area contributed by atoms with Crippen LogP contribution in [0.3, 0.4) is 0 Å². The quantitative estimate of drug-likeness (QED) is 0.288. The van der Waals surface area contributed by atoms with E-state index < -0.39 is 17.0 Å². The third-order valence-electron chi connectivity index (χ3n) is 4.27. The van der Waals surface area contributed by atoms with Gasteiger partial charge in [-0.05, 0) is 24.7 Å². The van der Waals surface area contributed by atoms with Crippen molar-refractivity contribution >= 4 is 29.4 Å². The van der Waals surface area contributed by atoms with Crippen molar-refractivity contribution in [2.75, 3.05) is 0 Å². The molecular formula is C22H23Cl2NTi-2. The average molecular weight is 420 g/mol. The molecule has 0 unspecified atom stereocenters. The van der Waals surface area contributed by atoms with E-state index in [4.69, 9.17) is 18.6 Å². The molecule has 1 aliphatic rings. The third-order valence-corrected chi connectivity index (χ3v) is 4.27. The molecule has 0 bridgehead atoms. The Hall–Kier alpha value is -1.12. The van der Waals surface area contributed by atoms with Crippen LogP contribution in [0.5, 0.6) is 0 Å². The Bertz CT molecular complexity index is 833. The van der Waals surface area contributed by atoms with Crippen LogP contribution in [0.15, 0.2) is 67.0 Å². The molecule has 136 valence electrons. The molecule has 0 saturated heterocycles. The van der Waals surface area contributed by atoms with Crippen molar-refractivity contribution in [3.63, 3.8) is 0 Å². The minimum atomic E-state index is -0.556. The van der Waals surface area contributed by atoms with Crippen LogP contribution in [-0.2, 0) is 17.0 Å². The van der Waals surface area contributed by atoms with Crippen LogP contribution in [0.1, 0.15) is 25.0 Å². The van der Waals surface area contributed by atoms with Crippen LogP contribution >= 0.6 is 18.6 Å². The number of benzene rings is 1. The molecule has 0 spiro atoms. The van der Waals surface area contributed by atoms with E-state index in [1.807, 2.05) is 12.2 Å². The Morgan fingerprint density at radius 1 is 1.08 bits per heavy atom. The maximum atomic E-state index is 4.89. The molecule has 4 heteroatoms. The summed E-state index contributed by atoms with van der Waals surface area (Å²) in [6, 6.07) is 13.0. The van der Waals surface area contributed by atoms with Crippen molar-refractivity contribution in [3.8, 4) is 5.69 Å². The van der Waals surface area contributed by atoms with Crippen LogP contribution in [0.4, 0.5) is 0 Å². The summed E-state index contributed by atoms with van der Waals surface area (Å²) >= 11 is -0.556. The fourth-order valence-corrected chi connectivity index (χ4v) is 2.83. The van der Waals surface area contributed by atoms with Crippen LogP contribution in [-0.4, -0.2) is 4.57 Å². The van der Waals surface area contributed by atoms with Crippen molar-refractivity contribution in [2.24, 2.45) is 5.41 Å². The van der Waals surface area contributed by atoms with E-state index >= 15 is 0 Å². The zero-order valence-electron chi connectivity index (χ0n) is 15.6. The van der Waals surface area contributed by atoms with Crippen LogP contribution in [0.2, 0.25) is 0 Å². The van der Waals surface area contributed by atoms with Crippen molar-refractivity contribution in [2.45, 2.75) is 27.7 Å². The van der Waals surface area contributed by atoms with Gasteiger partial charge in [0, 0.05) is 12.4 Å². The molecule has 1 aliphatic carbocycles. The SMILES string of the molecule is CC1(C)[C-]=CC=C1.Cc1ccc(C)c2[cH-]c(-n3cccc3)cc12.[Cl][Ti][Cl]. The first-order valence-corrected chi connectivity index (χ1v) is 12.7. The number of hydrogen-bond donors (Lipinski definition) is 0. The normalized spacial score (nSPS) is 13.8. The van der Waals surface area contributed by atoms with Crippen LogP contribution in [0, 0.1) is 25.3 Å². The number of fused-ring (bicyclic) bond motifs is 1. The van der Waals surface area contributed by atoms with Crippen molar-refractivity contribution in [3.05, 3.63) is 84.2 Å². The summed E-state index contributed by atoms with van der Waals surface area (Å²) in [4.78, 5) is 0. The molecule has 0 aliphatic heterocycles. The summed E-state index contributed by atoms with van der Waals surface area (Å²) in [5.41, 5.74) is 4.15. The molecule has 1 aromatic heterocycles. The van der Waals surface area contributed by atoms with E-state index in [-0.39, 0.29) is 5.41 Å². The van der Waals surface area contributed by atoms with Gasteiger partial charge in [-0.25, -0.2) is 12.2 Å². The number of aryl methyl sites for hydroxylation is 2. The van der Waals surface area contributed by atoms with Gasteiger partial charge in [0.05, 0.1) is 0 Å². The minimum absolute atomic E-state index is 0.208. The van der Waals surface area contributed by atoms with Gasteiger partial charge in [0.1, 0.15) is 0 Å². The Morgan fingerprint density at radius 2 is 1.69 bits per heavy atom. The fourth-order valence-electron chi connectivity index (χ4n) is 2.83. The number of aromatic nitrogens is 1. The van der Waals surface area contributed by atoms with E-state index in [0.717, 1.165) is 0 Å². The van der Waals surface area contributed by atoms with Gasteiger partial charge in [0.2, 0.25) is 0 Å². The average Bonchev–Trinajstić information content (AvgIpc) is 3.32. The summed E-state index contributed by atoms with van der Waals surface area (Å²) in [5.74, 6) is 0. The third kappa shape index (κ3) is 5.69. The van der Waals surface area contributed by atoms with Gasteiger partial charge in [-0.15, -0.1) is 34.5 Å². The molecule has 1 nitrogen and oxygen atoms in total. The molecule has 2 aromatic carbocycles. The van der Waals surface area contributed by atoms with Gasteiger partial charge in [-0.2, -0.15) is 6.08 Å². The Kier molecular flexibility index (Phi) is 7.92. The molecule has 0 radical (unpaired) electrons. The van der Waals surface area contributed by atoms with Crippen LogP contribution in [0.25, 0.3) is 16.5 Å². The second kappa shape index (κ2) is 9.71. The number of halogens is 2. The van der Waals surface area contributed by atoms with E-state index in [1.54, 1.807) is 0 Å². The number of rotatable bonds is 1. The maximum absolute atomic E-state index is 4.89. The van der Waals surface area contributed by atoms with Crippen molar-refractivity contribution in [1.82, 2.24) is 4.57 Å². The van der Waals surface area contributed by atoms with Gasteiger partial charge >= 0.3 is 35.6 Å². The number of allylic oxidation sites excluding steroid dienone is 4. The van der Waals surface area contributed by atoms with Crippen molar-refractivity contribution in [1.29, 1.82) is 0 Å². The zero-order chi connectivity index (χ0) is 19.2. The monoisotopic (exact) mass is 419 g/mol. The second-order valence-electron chi connectivity index (χ2n) is 6.79. The standard InChI is InChI=1S/C15H14N.C7H9.2ClH.Ti/c1-11-5-6-12(2)15-10-13(9-14(11)15)16-7-3-4-8-16;1-7(2)5-3-4-6-7;;;/h3-10H,1-2H3;3-5H,1-2H3;2*1H;/q2*-1;;;+2/p-2. The molecule has 1 heterocycles. The predicted octanol–water partition coefficient (Wildman–Crippen LogP) is 7.28. The van der Waals surface area contributed by atoms with Gasteiger partial charge in [-0.3, -0.25) is 6.08 Å². The molecule has 0 amide bonds. The molecule has 26 heavy (non-hydrogen) atoms. The number of hydrogen-bond acceptors (Lipinski definition) is 0. The predicted molar refractivity (Wildman–Crippen MR) is 111 cm³/mol. The first-order valence-electron chi connectivity index (χ1n) is 8.43. The summed E-state index contributed by atoms with van der Waals surface area (Å²) < 4.78 is 2.15. The second-order valence-corrected chi connectivity index (χ2v) is 9.37. The number of nitrogens with zero attached hydrogens (tertiary/aromatic N) is 1. The van der Waals surface area contributed by atoms with E-state index in [1.165, 1.54) is 27.6 Å². The first kappa shape index (κ1) is 21.2. The van der Waals surface area contributed by atoms with E-state index in [9.17, 15) is 0 Å². The van der Waals surface area contributed by atoms with Gasteiger partial charge < -0.3 is 4.57 Å². The van der Waals surface area contributed by atoms with Gasteiger partial charge in [-0.1, -0.05) is 37.8 Å². The molecule has 4 rings (SSSR count). The molecule has 0 N–H and O–H groups in total. The summed E-state index contributed by atoms with van der Waals surface area (Å²) in [5, 5.41) is 2.73. The Morgan fingerprint density at radius 3 is 2.15 bits per heavy atom. The molecule has 3 aromatic rings. The Balaban J connectivity index is 0.000000203. The van der Waals surface area contributed by atoms with E-state index in [0.29, 0.717) is 0 Å². The summed E-state index contributed by atoms with van der Waals surface area (Å²) in [6.07, 6.45) is 13.4.